The van der Waals surface area contributed by atoms with Crippen LogP contribution in [0.3, 0.4) is 0 Å². The Hall–Kier alpha value is -6.89. The average Bonchev–Trinajstić information content (AvgIpc) is 0.848. The summed E-state index contributed by atoms with van der Waals surface area (Å²) in [6.07, 6.45) is -13.6. The second kappa shape index (κ2) is 43.1. The molecule has 4 rings (SSSR count). The smallest absolute Gasteiger partial charge is 0.335 e. The first-order valence-electron chi connectivity index (χ1n) is 30.0. The summed E-state index contributed by atoms with van der Waals surface area (Å²) >= 11 is 0. The number of hydrogen-bond acceptors (Lipinski definition) is 28. The minimum absolute atomic E-state index is 0.00349. The number of ether oxygens (including phenoxy) is 12. The Balaban J connectivity index is 1.16. The maximum Gasteiger partial charge on any atom is 0.335 e. The monoisotopic (exact) mass is 1310 g/mol. The normalized spacial score (nSPS) is 20.6. The number of esters is 2. The van der Waals surface area contributed by atoms with Crippen molar-refractivity contribution in [2.75, 3.05) is 106 Å². The Labute approximate surface area is 531 Å². The van der Waals surface area contributed by atoms with E-state index in [1.54, 1.807) is 19.9 Å². The lowest BCUT2D eigenvalue weighted by molar-refractivity contribution is -0.271. The fourth-order valence-electron chi connectivity index (χ4n) is 8.58. The molecule has 516 valence electrons. The molecule has 92 heavy (non-hydrogen) atoms. The number of carboxylic acid groups (broad SMARTS) is 1. The van der Waals surface area contributed by atoms with Gasteiger partial charge in [-0.2, -0.15) is 0 Å². The van der Waals surface area contributed by atoms with Crippen LogP contribution in [-0.4, -0.2) is 256 Å². The number of unbranched alkanes of at least 4 members (excludes halogenated alkanes) is 1. The van der Waals surface area contributed by atoms with Crippen LogP contribution in [0, 0.1) is 0 Å². The number of rotatable bonds is 46. The summed E-state index contributed by atoms with van der Waals surface area (Å²) in [5, 5.41) is 82.4. The van der Waals surface area contributed by atoms with E-state index in [4.69, 9.17) is 61.7 Å². The number of nitrogens with zero attached hydrogens (tertiary/aromatic N) is 1. The van der Waals surface area contributed by atoms with Gasteiger partial charge in [0.1, 0.15) is 81.2 Å². The van der Waals surface area contributed by atoms with Crippen molar-refractivity contribution in [2.24, 2.45) is 5.16 Å². The number of aliphatic hydroxyl groups excluding tert-OH is 6. The average molecular weight is 1310 g/mol. The molecule has 0 bridgehead atoms. The van der Waals surface area contributed by atoms with Crippen molar-refractivity contribution in [3.05, 3.63) is 58.7 Å². The highest BCUT2D eigenvalue weighted by Crippen LogP contribution is 2.30. The molecule has 3 amide bonds. The summed E-state index contributed by atoms with van der Waals surface area (Å²) in [5.41, 5.74) is 1.58. The molecule has 0 aromatic heterocycles. The maximum atomic E-state index is 13.4. The molecular weight excluding hydrogens is 1220 g/mol. The van der Waals surface area contributed by atoms with Crippen LogP contribution in [0.1, 0.15) is 104 Å². The quantitative estimate of drug-likeness (QED) is 0.0124. The van der Waals surface area contributed by atoms with Crippen molar-refractivity contribution in [2.45, 2.75) is 147 Å². The van der Waals surface area contributed by atoms with Gasteiger partial charge in [-0.1, -0.05) is 17.3 Å². The summed E-state index contributed by atoms with van der Waals surface area (Å²) in [7, 11) is 0. The van der Waals surface area contributed by atoms with Gasteiger partial charge in [-0.25, -0.2) is 4.79 Å². The zero-order valence-electron chi connectivity index (χ0n) is 52.1. The van der Waals surface area contributed by atoms with Crippen molar-refractivity contribution in [1.82, 2.24) is 16.0 Å². The van der Waals surface area contributed by atoms with E-state index in [1.807, 2.05) is 0 Å². The van der Waals surface area contributed by atoms with Gasteiger partial charge < -0.3 is 113 Å². The van der Waals surface area contributed by atoms with Gasteiger partial charge in [-0.05, 0) is 81.3 Å². The van der Waals surface area contributed by atoms with E-state index in [2.05, 4.69) is 21.1 Å². The van der Waals surface area contributed by atoms with Crippen molar-refractivity contribution < 1.29 is 136 Å². The second-order valence-corrected chi connectivity index (χ2v) is 21.2. The number of amides is 3. The van der Waals surface area contributed by atoms with Gasteiger partial charge in [0.25, 0.3) is 5.91 Å². The van der Waals surface area contributed by atoms with Crippen LogP contribution >= 0.6 is 0 Å². The molecule has 2 heterocycles. The Morgan fingerprint density at radius 1 is 0.565 bits per heavy atom. The second-order valence-electron chi connectivity index (χ2n) is 21.2. The summed E-state index contributed by atoms with van der Waals surface area (Å²) in [4.78, 5) is 105. The van der Waals surface area contributed by atoms with Crippen LogP contribution in [0.5, 0.6) is 11.5 Å². The molecule has 2 aromatic carbocycles. The van der Waals surface area contributed by atoms with E-state index in [-0.39, 0.29) is 159 Å². The first-order valence-corrected chi connectivity index (χ1v) is 30.0. The number of ketones is 2. The summed E-state index contributed by atoms with van der Waals surface area (Å²) in [6.45, 7) is 6.61. The molecule has 10 atom stereocenters. The molecule has 0 unspecified atom stereocenters. The van der Waals surface area contributed by atoms with E-state index in [0.29, 0.717) is 50.2 Å². The third-order valence-electron chi connectivity index (χ3n) is 13.3. The molecule has 0 radical (unpaired) electrons. The Kier molecular flexibility index (Phi) is 36.3. The number of benzene rings is 2. The third kappa shape index (κ3) is 29.4. The lowest BCUT2D eigenvalue weighted by Gasteiger charge is -2.38. The van der Waals surface area contributed by atoms with Crippen LogP contribution in [0.25, 0.3) is 0 Å². The predicted octanol–water partition coefficient (Wildman–Crippen LogP) is -1.07. The molecule has 2 saturated heterocycles. The highest BCUT2D eigenvalue weighted by atomic mass is 16.7. The first kappa shape index (κ1) is 77.6. The van der Waals surface area contributed by atoms with Crippen LogP contribution in [0.2, 0.25) is 0 Å². The molecule has 2 aliphatic rings. The number of aliphatic hydroxyl groups is 6. The summed E-state index contributed by atoms with van der Waals surface area (Å²) in [5.74, 6) is -5.22. The van der Waals surface area contributed by atoms with E-state index in [0.717, 1.165) is 5.71 Å². The summed E-state index contributed by atoms with van der Waals surface area (Å²) in [6, 6.07) is 7.65. The van der Waals surface area contributed by atoms with Crippen molar-refractivity contribution in [3.8, 4) is 11.5 Å². The number of oxime groups is 1. The lowest BCUT2D eigenvalue weighted by atomic mass is 9.99. The molecule has 2 fully saturated rings. The van der Waals surface area contributed by atoms with Crippen molar-refractivity contribution in [1.29, 1.82) is 0 Å². The van der Waals surface area contributed by atoms with Gasteiger partial charge in [0, 0.05) is 53.0 Å². The maximum absolute atomic E-state index is 13.4. The number of aliphatic carboxylic acids is 1. The minimum Gasteiger partial charge on any atom is -0.479 e. The Bertz CT molecular complexity index is 2660. The number of nitrogens with one attached hydrogen (secondary N) is 3. The highest BCUT2D eigenvalue weighted by Gasteiger charge is 2.48. The zero-order chi connectivity index (χ0) is 67.4. The number of Topliss-reactive ketones (excluding diaryl/α,β-unsaturated/α-hetero) is 2. The van der Waals surface area contributed by atoms with E-state index < -0.39 is 97.0 Å². The SMILES string of the molecule is CC(=O)OCc1ccc(O[C@@H]2OC[C@@H](O)[C@H](O)[C@H]2O)c(C(=O)CCCOCCOCC(=O)N[C@@H](CCCCNC(=O)COCCOCCNC(=O)c2cc(COC(C)=O)ccc2O[C@@H]2O[C@H](C(=O)O)[C@@H](O)[C@H](O)[C@H]2O)C(=O)CCCOCCOCCON=C(C)C)c1. The van der Waals surface area contributed by atoms with Gasteiger partial charge in [0.15, 0.2) is 17.7 Å². The van der Waals surface area contributed by atoms with Gasteiger partial charge >= 0.3 is 17.9 Å². The predicted molar refractivity (Wildman–Crippen MR) is 316 cm³/mol. The third-order valence-corrected chi connectivity index (χ3v) is 13.3. The molecule has 0 spiro atoms. The number of carbonyl (C=O) groups excluding carboxylic acids is 7. The van der Waals surface area contributed by atoms with Gasteiger partial charge in [0.2, 0.25) is 24.4 Å². The summed E-state index contributed by atoms with van der Waals surface area (Å²) < 4.78 is 65.1. The van der Waals surface area contributed by atoms with Crippen LogP contribution in [0.15, 0.2) is 41.6 Å². The number of carboxylic acids is 1. The zero-order valence-corrected chi connectivity index (χ0v) is 52.1. The van der Waals surface area contributed by atoms with Crippen LogP contribution < -0.4 is 25.4 Å². The van der Waals surface area contributed by atoms with Crippen molar-refractivity contribution >= 4 is 52.9 Å². The highest BCUT2D eigenvalue weighted by molar-refractivity contribution is 5.99. The fraction of sp³-hybridized carbons (Fsp3) is 0.650. The standard InChI is InChI=1S/C60H88N4O28/c1-36(2)64-89-28-27-83-22-21-80-19-8-11-45(68)43(63-50(71)35-85-25-23-81-18-7-10-44(67)41-29-39(31-86-37(3)65)12-14-47(41)90-59-54(75)51(72)46(69)33-88-59)9-5-6-16-61-49(70)34-84-26-24-82-20-17-62-57(77)42-30-40(32-87-38(4)66)13-15-48(42)91-60-55(76)52(73)53(74)56(92-60)58(78)79/h12-15,29-30,43,46,51-56,59-60,69,72-76H,5-11,16-28,31-35H2,1-4H3,(H,61,70)(H,62,77)(H,63,71)(H,78,79)/t43-,46+,51-,52-,53-,54+,55+,56-,59-,60+/m0/s1. The number of carbonyl (C=O) groups is 8. The van der Waals surface area contributed by atoms with Crippen molar-refractivity contribution in [3.63, 3.8) is 0 Å². The van der Waals surface area contributed by atoms with Crippen LogP contribution in [0.4, 0.5) is 0 Å². The molecular formula is C60H88N4O28. The number of hydrogen-bond donors (Lipinski definition) is 10. The molecule has 0 saturated carbocycles. The molecule has 32 heteroatoms. The van der Waals surface area contributed by atoms with E-state index in [9.17, 15) is 74.1 Å². The van der Waals surface area contributed by atoms with E-state index >= 15 is 0 Å². The topological polar surface area (TPSA) is 447 Å². The van der Waals surface area contributed by atoms with Gasteiger partial charge in [0.05, 0.1) is 82.3 Å². The molecule has 10 N–H and O–H groups in total. The molecule has 2 aliphatic heterocycles. The van der Waals surface area contributed by atoms with E-state index in [1.165, 1.54) is 44.2 Å². The lowest BCUT2D eigenvalue weighted by Crippen LogP contribution is -2.61. The van der Waals surface area contributed by atoms with Gasteiger partial charge in [-0.3, -0.25) is 33.6 Å². The molecule has 32 nitrogen and oxygen atoms in total. The first-order chi connectivity index (χ1) is 44.1. The largest absolute Gasteiger partial charge is 0.479 e. The molecule has 2 aromatic rings. The van der Waals surface area contributed by atoms with Gasteiger partial charge in [-0.15, -0.1) is 0 Å². The molecule has 0 aliphatic carbocycles. The Morgan fingerprint density at radius 3 is 1.73 bits per heavy atom. The fourth-order valence-corrected chi connectivity index (χ4v) is 8.58. The minimum atomic E-state index is -1.97. The van der Waals surface area contributed by atoms with Crippen LogP contribution in [-0.2, 0) is 94.2 Å². The Morgan fingerprint density at radius 2 is 1.11 bits per heavy atom.